The summed E-state index contributed by atoms with van der Waals surface area (Å²) in [6.45, 7) is 21.5. The van der Waals surface area contributed by atoms with E-state index >= 15 is 0 Å². The highest BCUT2D eigenvalue weighted by atomic mass is 16.1. The molecule has 148 valence electrons. The second-order valence-corrected chi connectivity index (χ2v) is 12.6. The number of benzene rings is 1. The summed E-state index contributed by atoms with van der Waals surface area (Å²) in [5, 5.41) is 0. The molecule has 28 heavy (non-hydrogen) atoms. The van der Waals surface area contributed by atoms with Crippen molar-refractivity contribution in [3.05, 3.63) is 46.5 Å². The van der Waals surface area contributed by atoms with Crippen molar-refractivity contribution in [3.63, 3.8) is 0 Å². The van der Waals surface area contributed by atoms with Crippen molar-refractivity contribution in [2.75, 3.05) is 0 Å². The maximum Gasteiger partial charge on any atom is 0.186 e. The lowest BCUT2D eigenvalue weighted by atomic mass is 9.58. The van der Waals surface area contributed by atoms with Gasteiger partial charge in [0.2, 0.25) is 0 Å². The topological polar surface area (TPSA) is 34.1 Å². The van der Waals surface area contributed by atoms with Crippen molar-refractivity contribution < 1.29 is 9.59 Å². The van der Waals surface area contributed by atoms with Crippen LogP contribution in [0, 0.1) is 27.1 Å². The molecule has 0 aliphatic heterocycles. The van der Waals surface area contributed by atoms with Crippen LogP contribution in [0.2, 0.25) is 0 Å². The largest absolute Gasteiger partial charge is 0.289 e. The third-order valence-electron chi connectivity index (χ3n) is 8.84. The zero-order chi connectivity index (χ0) is 20.9. The number of fused-ring (bicyclic) bond motifs is 1. The maximum absolute atomic E-state index is 12.6. The summed E-state index contributed by atoms with van der Waals surface area (Å²) in [4.78, 5) is 25.2. The summed E-state index contributed by atoms with van der Waals surface area (Å²) in [6, 6.07) is 4.20. The highest BCUT2D eigenvalue weighted by Crippen LogP contribution is 3.15. The Morgan fingerprint density at radius 1 is 0.679 bits per heavy atom. The van der Waals surface area contributed by atoms with Gasteiger partial charge in [-0.3, -0.25) is 9.59 Å². The van der Waals surface area contributed by atoms with Gasteiger partial charge >= 0.3 is 0 Å². The van der Waals surface area contributed by atoms with Crippen molar-refractivity contribution in [1.82, 2.24) is 0 Å². The molecule has 0 spiro atoms. The number of hydrogen-bond acceptors (Lipinski definition) is 2. The summed E-state index contributed by atoms with van der Waals surface area (Å²) >= 11 is 0. The van der Waals surface area contributed by atoms with Crippen LogP contribution in [0.25, 0.3) is 0 Å². The molecule has 5 aliphatic carbocycles. The van der Waals surface area contributed by atoms with Crippen molar-refractivity contribution in [1.29, 1.82) is 0 Å². The first-order chi connectivity index (χ1) is 12.6. The molecule has 0 amide bonds. The fourth-order valence-electron chi connectivity index (χ4n) is 9.01. The summed E-state index contributed by atoms with van der Waals surface area (Å²) in [5.41, 5.74) is 4.69. The number of rotatable bonds is 0. The van der Waals surface area contributed by atoms with E-state index in [2.05, 4.69) is 74.4 Å². The van der Waals surface area contributed by atoms with Crippen LogP contribution < -0.4 is 0 Å². The maximum atomic E-state index is 12.6. The molecule has 0 heterocycles. The highest BCUT2D eigenvalue weighted by Gasteiger charge is 3.13. The summed E-state index contributed by atoms with van der Waals surface area (Å²) < 4.78 is 0. The lowest BCUT2D eigenvalue weighted by molar-refractivity contribution is 0.0945. The van der Waals surface area contributed by atoms with Gasteiger partial charge in [0.05, 0.1) is 0 Å². The smallest absolute Gasteiger partial charge is 0.186 e. The van der Waals surface area contributed by atoms with Crippen LogP contribution in [0.4, 0.5) is 0 Å². The van der Waals surface area contributed by atoms with E-state index in [0.29, 0.717) is 17.0 Å². The SMILES string of the molecule is CC(C)(C)C12c3cc4c(cc3C3C1(C(C)(C)C)C32C(C)(C)C)C(=O)C=CC4=O. The van der Waals surface area contributed by atoms with Crippen molar-refractivity contribution in [3.8, 4) is 0 Å². The van der Waals surface area contributed by atoms with E-state index in [1.165, 1.54) is 23.3 Å². The zero-order valence-corrected chi connectivity index (χ0v) is 18.7. The Balaban J connectivity index is 1.88. The average Bonchev–Trinajstić information content (AvgIpc) is 3.27. The van der Waals surface area contributed by atoms with Crippen LogP contribution in [-0.4, -0.2) is 11.6 Å². The van der Waals surface area contributed by atoms with Crippen molar-refractivity contribution in [2.45, 2.75) is 73.6 Å². The fraction of sp³-hybridized carbons (Fsp3) is 0.615. The van der Waals surface area contributed by atoms with Gasteiger partial charge in [-0.25, -0.2) is 0 Å². The zero-order valence-electron chi connectivity index (χ0n) is 18.7. The first kappa shape index (κ1) is 18.3. The van der Waals surface area contributed by atoms with E-state index in [1.807, 2.05) is 0 Å². The predicted molar refractivity (Wildman–Crippen MR) is 112 cm³/mol. The van der Waals surface area contributed by atoms with Gasteiger partial charge in [-0.1, -0.05) is 62.3 Å². The van der Waals surface area contributed by atoms with Gasteiger partial charge in [0.15, 0.2) is 11.6 Å². The van der Waals surface area contributed by atoms with Crippen molar-refractivity contribution in [2.24, 2.45) is 27.1 Å². The summed E-state index contributed by atoms with van der Waals surface area (Å²) in [7, 11) is 0. The quantitative estimate of drug-likeness (QED) is 0.548. The van der Waals surface area contributed by atoms with Crippen LogP contribution in [0.1, 0.15) is 100 Å². The minimum absolute atomic E-state index is 0.0315. The van der Waals surface area contributed by atoms with Crippen LogP contribution in [-0.2, 0) is 5.41 Å². The van der Waals surface area contributed by atoms with Gasteiger partial charge in [0.25, 0.3) is 0 Å². The second-order valence-electron chi connectivity index (χ2n) is 12.6. The standard InChI is InChI=1S/C26H32O2/c1-21(2,3)24-17-13-15-14(18(27)10-11-19(15)28)12-16(17)20-25(24,22(4,5)6)26(20,24)23(7,8)9/h10-13,20H,1-9H3. The number of carbonyl (C=O) groups is 2. The third kappa shape index (κ3) is 1.34. The molecule has 2 nitrogen and oxygen atoms in total. The van der Waals surface area contributed by atoms with Gasteiger partial charge in [-0.2, -0.15) is 0 Å². The Morgan fingerprint density at radius 3 is 1.50 bits per heavy atom. The number of hydrogen-bond donors (Lipinski definition) is 0. The summed E-state index contributed by atoms with van der Waals surface area (Å²) in [6.07, 6.45) is 2.87. The van der Waals surface area contributed by atoms with E-state index in [1.54, 1.807) is 0 Å². The van der Waals surface area contributed by atoms with E-state index in [0.717, 1.165) is 0 Å². The molecule has 2 atom stereocenters. The Morgan fingerprint density at radius 2 is 1.11 bits per heavy atom. The molecule has 2 saturated carbocycles. The molecule has 5 aliphatic rings. The molecule has 0 radical (unpaired) electrons. The van der Waals surface area contributed by atoms with E-state index in [9.17, 15) is 9.59 Å². The minimum atomic E-state index is -0.0322. The normalized spacial score (nSPS) is 37.5. The van der Waals surface area contributed by atoms with Gasteiger partial charge in [0.1, 0.15) is 0 Å². The van der Waals surface area contributed by atoms with E-state index in [-0.39, 0.29) is 44.1 Å². The Hall–Kier alpha value is -1.70. The molecule has 1 aromatic carbocycles. The van der Waals surface area contributed by atoms with Crippen LogP contribution in [0.3, 0.4) is 0 Å². The van der Waals surface area contributed by atoms with Crippen LogP contribution in [0.15, 0.2) is 24.3 Å². The van der Waals surface area contributed by atoms with Crippen LogP contribution >= 0.6 is 0 Å². The Labute approximate surface area is 168 Å². The first-order valence-electron chi connectivity index (χ1n) is 10.6. The van der Waals surface area contributed by atoms with Gasteiger partial charge in [-0.05, 0) is 57.6 Å². The Bertz CT molecular complexity index is 990. The molecule has 2 fully saturated rings. The molecule has 2 unspecified atom stereocenters. The molecular formula is C26H32O2. The van der Waals surface area contributed by atoms with E-state index < -0.39 is 0 Å². The van der Waals surface area contributed by atoms with Gasteiger partial charge in [0, 0.05) is 27.4 Å². The molecule has 1 aromatic rings. The molecular weight excluding hydrogens is 344 g/mol. The van der Waals surface area contributed by atoms with Gasteiger partial charge < -0.3 is 0 Å². The molecule has 0 saturated heterocycles. The lowest BCUT2D eigenvalue weighted by Crippen LogP contribution is -2.42. The monoisotopic (exact) mass is 376 g/mol. The molecule has 2 bridgehead atoms. The highest BCUT2D eigenvalue weighted by molar-refractivity contribution is 6.22. The Kier molecular flexibility index (Phi) is 2.78. The lowest BCUT2D eigenvalue weighted by Gasteiger charge is -2.45. The molecule has 0 N–H and O–H groups in total. The number of ketones is 2. The predicted octanol–water partition coefficient (Wildman–Crippen LogP) is 6.10. The fourth-order valence-corrected chi connectivity index (χ4v) is 9.01. The number of allylic oxidation sites excluding steroid dienone is 2. The third-order valence-corrected chi connectivity index (χ3v) is 8.84. The second kappa shape index (κ2) is 4.25. The van der Waals surface area contributed by atoms with Crippen molar-refractivity contribution >= 4 is 11.6 Å². The molecule has 2 heteroatoms. The molecule has 0 aromatic heterocycles. The number of carbonyl (C=O) groups excluding carboxylic acids is 2. The average molecular weight is 377 g/mol. The van der Waals surface area contributed by atoms with Crippen LogP contribution in [0.5, 0.6) is 0 Å². The minimum Gasteiger partial charge on any atom is -0.289 e. The summed E-state index contributed by atoms with van der Waals surface area (Å²) in [5.74, 6) is 0.416. The first-order valence-corrected chi connectivity index (χ1v) is 10.6. The van der Waals surface area contributed by atoms with Gasteiger partial charge in [-0.15, -0.1) is 0 Å². The molecule has 6 rings (SSSR count). The van der Waals surface area contributed by atoms with E-state index in [4.69, 9.17) is 0 Å².